The van der Waals surface area contributed by atoms with Gasteiger partial charge in [0.25, 0.3) is 0 Å². The van der Waals surface area contributed by atoms with E-state index in [-0.39, 0.29) is 5.92 Å². The van der Waals surface area contributed by atoms with Crippen LogP contribution < -0.4 is 0 Å². The Morgan fingerprint density at radius 3 is 2.35 bits per heavy atom. The summed E-state index contributed by atoms with van der Waals surface area (Å²) in [5.74, 6) is 2.34. The number of halogens is 1. The van der Waals surface area contributed by atoms with Crippen molar-refractivity contribution in [1.29, 1.82) is 0 Å². The highest BCUT2D eigenvalue weighted by Gasteiger charge is 2.41. The second kappa shape index (κ2) is 7.82. The highest BCUT2D eigenvalue weighted by molar-refractivity contribution is 4.92. The number of hydrogen-bond donors (Lipinski definition) is 0. The fourth-order valence-electron chi connectivity index (χ4n) is 5.41. The molecular weight excluding hydrogens is 287 g/mol. The van der Waals surface area contributed by atoms with Gasteiger partial charge in [-0.2, -0.15) is 0 Å². The molecule has 5 unspecified atom stereocenters. The van der Waals surface area contributed by atoms with E-state index in [1.807, 2.05) is 7.05 Å². The van der Waals surface area contributed by atoms with E-state index in [1.165, 1.54) is 32.4 Å². The zero-order valence-corrected chi connectivity index (χ0v) is 16.3. The predicted octanol–water partition coefficient (Wildman–Crippen LogP) is 4.31. The molecule has 3 heteroatoms. The fourth-order valence-corrected chi connectivity index (χ4v) is 5.41. The standard InChI is InChI=1S/C20H39FN2/c1-15(2)18-9-12-23(6)14-20(18,4)10-7-16(3)17-8-11-22(5)13-19(17)21/h15-19H,7-14H2,1-6H3. The molecule has 0 aromatic carbocycles. The van der Waals surface area contributed by atoms with Crippen LogP contribution in [-0.2, 0) is 0 Å². The summed E-state index contributed by atoms with van der Waals surface area (Å²) >= 11 is 0. The van der Waals surface area contributed by atoms with E-state index in [4.69, 9.17) is 0 Å². The van der Waals surface area contributed by atoms with Crippen LogP contribution in [0.15, 0.2) is 0 Å². The van der Waals surface area contributed by atoms with Crippen molar-refractivity contribution in [2.24, 2.45) is 29.1 Å². The largest absolute Gasteiger partial charge is 0.306 e. The van der Waals surface area contributed by atoms with Crippen molar-refractivity contribution in [3.63, 3.8) is 0 Å². The monoisotopic (exact) mass is 326 g/mol. The molecule has 0 radical (unpaired) electrons. The summed E-state index contributed by atoms with van der Waals surface area (Å²) in [6, 6.07) is 0. The lowest BCUT2D eigenvalue weighted by molar-refractivity contribution is 0.00810. The minimum Gasteiger partial charge on any atom is -0.306 e. The lowest BCUT2D eigenvalue weighted by atomic mass is 9.64. The predicted molar refractivity (Wildman–Crippen MR) is 97.4 cm³/mol. The van der Waals surface area contributed by atoms with Crippen molar-refractivity contribution < 1.29 is 4.39 Å². The molecule has 0 amide bonds. The third-order valence-electron chi connectivity index (χ3n) is 6.85. The quantitative estimate of drug-likeness (QED) is 0.743. The minimum absolute atomic E-state index is 0.272. The molecule has 2 rings (SSSR count). The van der Waals surface area contributed by atoms with Crippen molar-refractivity contribution >= 4 is 0 Å². The lowest BCUT2D eigenvalue weighted by Crippen LogP contribution is -2.48. The van der Waals surface area contributed by atoms with Gasteiger partial charge in [0.05, 0.1) is 0 Å². The maximum absolute atomic E-state index is 14.4. The SMILES string of the molecule is CC(C)C1CCN(C)CC1(C)CCC(C)C1CCN(C)CC1F. The molecule has 0 aromatic rings. The molecule has 5 atom stereocenters. The Bertz CT molecular complexity index is 373. The summed E-state index contributed by atoms with van der Waals surface area (Å²) in [7, 11) is 4.30. The number of piperidine rings is 2. The molecule has 2 fully saturated rings. The van der Waals surface area contributed by atoms with Gasteiger partial charge in [-0.1, -0.05) is 27.7 Å². The molecular formula is C20H39FN2. The summed E-state index contributed by atoms with van der Waals surface area (Å²) in [5, 5.41) is 0. The second-order valence-electron chi connectivity index (χ2n) is 9.28. The van der Waals surface area contributed by atoms with Crippen LogP contribution in [0.4, 0.5) is 4.39 Å². The Labute approximate surface area is 143 Å². The first-order valence-electron chi connectivity index (χ1n) is 9.74. The maximum atomic E-state index is 14.4. The molecule has 0 spiro atoms. The van der Waals surface area contributed by atoms with Crippen LogP contribution in [0.1, 0.15) is 53.4 Å². The molecule has 2 nitrogen and oxygen atoms in total. The molecule has 23 heavy (non-hydrogen) atoms. The van der Waals surface area contributed by atoms with Gasteiger partial charge >= 0.3 is 0 Å². The topological polar surface area (TPSA) is 6.48 Å². The van der Waals surface area contributed by atoms with E-state index in [2.05, 4.69) is 44.5 Å². The van der Waals surface area contributed by atoms with Crippen molar-refractivity contribution in [2.75, 3.05) is 40.3 Å². The number of hydrogen-bond acceptors (Lipinski definition) is 2. The number of rotatable bonds is 5. The van der Waals surface area contributed by atoms with Gasteiger partial charge in [-0.15, -0.1) is 0 Å². The Balaban J connectivity index is 1.94. The molecule has 2 aliphatic heterocycles. The number of nitrogens with zero attached hydrogens (tertiary/aromatic N) is 2. The molecule has 0 aromatic heterocycles. The Kier molecular flexibility index (Phi) is 6.52. The minimum atomic E-state index is -0.633. The van der Waals surface area contributed by atoms with Crippen molar-refractivity contribution in [2.45, 2.75) is 59.5 Å². The van der Waals surface area contributed by atoms with E-state index < -0.39 is 6.17 Å². The van der Waals surface area contributed by atoms with Crippen LogP contribution in [0.5, 0.6) is 0 Å². The molecule has 2 heterocycles. The molecule has 0 N–H and O–H groups in total. The highest BCUT2D eigenvalue weighted by atomic mass is 19.1. The molecule has 2 saturated heterocycles. The van der Waals surface area contributed by atoms with Crippen molar-refractivity contribution in [1.82, 2.24) is 9.80 Å². The van der Waals surface area contributed by atoms with Gasteiger partial charge < -0.3 is 9.80 Å². The molecule has 2 aliphatic rings. The Hall–Kier alpha value is -0.150. The average molecular weight is 327 g/mol. The highest BCUT2D eigenvalue weighted by Crippen LogP contribution is 2.44. The van der Waals surface area contributed by atoms with Crippen LogP contribution in [0, 0.1) is 29.1 Å². The van der Waals surface area contributed by atoms with E-state index in [0.717, 1.165) is 24.8 Å². The van der Waals surface area contributed by atoms with Crippen LogP contribution in [0.2, 0.25) is 0 Å². The summed E-state index contributed by atoms with van der Waals surface area (Å²) in [5.41, 5.74) is 0.396. The Morgan fingerprint density at radius 2 is 1.74 bits per heavy atom. The first kappa shape index (κ1) is 19.2. The number of likely N-dealkylation sites (tertiary alicyclic amines) is 2. The van der Waals surface area contributed by atoms with Gasteiger partial charge in [0.15, 0.2) is 0 Å². The first-order chi connectivity index (χ1) is 10.7. The third kappa shape index (κ3) is 4.69. The van der Waals surface area contributed by atoms with Gasteiger partial charge in [-0.25, -0.2) is 4.39 Å². The van der Waals surface area contributed by atoms with Crippen LogP contribution >= 0.6 is 0 Å². The smallest absolute Gasteiger partial charge is 0.116 e. The fraction of sp³-hybridized carbons (Fsp3) is 1.00. The summed E-state index contributed by atoms with van der Waals surface area (Å²) < 4.78 is 14.4. The zero-order valence-electron chi connectivity index (χ0n) is 16.3. The number of alkyl halides is 1. The second-order valence-corrected chi connectivity index (χ2v) is 9.28. The van der Waals surface area contributed by atoms with E-state index in [9.17, 15) is 4.39 Å². The lowest BCUT2D eigenvalue weighted by Gasteiger charge is -2.48. The molecule has 136 valence electrons. The van der Waals surface area contributed by atoms with E-state index in [0.29, 0.717) is 17.9 Å². The van der Waals surface area contributed by atoms with Crippen LogP contribution in [-0.4, -0.2) is 56.2 Å². The van der Waals surface area contributed by atoms with Gasteiger partial charge in [-0.05, 0) is 82.0 Å². The van der Waals surface area contributed by atoms with Crippen molar-refractivity contribution in [3.05, 3.63) is 0 Å². The third-order valence-corrected chi connectivity index (χ3v) is 6.85. The Morgan fingerprint density at radius 1 is 1.09 bits per heavy atom. The van der Waals surface area contributed by atoms with Crippen LogP contribution in [0.3, 0.4) is 0 Å². The molecule has 0 bridgehead atoms. The van der Waals surface area contributed by atoms with Crippen molar-refractivity contribution in [3.8, 4) is 0 Å². The van der Waals surface area contributed by atoms with E-state index in [1.54, 1.807) is 0 Å². The zero-order chi connectivity index (χ0) is 17.2. The first-order valence-corrected chi connectivity index (χ1v) is 9.74. The summed E-state index contributed by atoms with van der Waals surface area (Å²) in [6.45, 7) is 13.7. The van der Waals surface area contributed by atoms with Crippen LogP contribution in [0.25, 0.3) is 0 Å². The average Bonchev–Trinajstić information content (AvgIpc) is 2.44. The summed E-state index contributed by atoms with van der Waals surface area (Å²) in [6.07, 6.45) is 4.15. The van der Waals surface area contributed by atoms with E-state index >= 15 is 0 Å². The maximum Gasteiger partial charge on any atom is 0.116 e. The molecule has 0 aliphatic carbocycles. The van der Waals surface area contributed by atoms with Gasteiger partial charge in [-0.3, -0.25) is 0 Å². The van der Waals surface area contributed by atoms with Gasteiger partial charge in [0.2, 0.25) is 0 Å². The molecule has 0 saturated carbocycles. The van der Waals surface area contributed by atoms with Gasteiger partial charge in [0, 0.05) is 13.1 Å². The normalized spacial score (nSPS) is 38.9. The summed E-state index contributed by atoms with van der Waals surface area (Å²) in [4.78, 5) is 4.64. The van der Waals surface area contributed by atoms with Gasteiger partial charge in [0.1, 0.15) is 6.17 Å².